The molecule has 0 aromatic heterocycles. The van der Waals surface area contributed by atoms with Crippen molar-refractivity contribution in [2.45, 2.75) is 204 Å². The van der Waals surface area contributed by atoms with Gasteiger partial charge in [0, 0.05) is 12.8 Å². The highest BCUT2D eigenvalue weighted by molar-refractivity contribution is 7.47. The number of hydrogen-bond acceptors (Lipinski definition) is 12. The summed E-state index contributed by atoms with van der Waals surface area (Å²) in [6.07, 6.45) is 26.0. The Morgan fingerprint density at radius 3 is 1.52 bits per heavy atom. The number of ether oxygens (including phenoxy) is 2. The SMILES string of the molecule is CC/C=C\C/C=C\C/C=C\CCCCCCCCCC(=O)OC(COC(=O)CCCCCCC/C=C\CCCCC)COP(=O)(O)OC1C(O)C(O)C(O)C(O)C1O. The molecule has 6 unspecified atom stereocenters. The quantitative estimate of drug-likeness (QED) is 0.0155. The third-order valence-corrected chi connectivity index (χ3v) is 10.9. The predicted octanol–water partition coefficient (Wildman–Crippen LogP) is 8.00. The van der Waals surface area contributed by atoms with Gasteiger partial charge in [-0.25, -0.2) is 4.57 Å². The Morgan fingerprint density at radius 2 is 0.983 bits per heavy atom. The van der Waals surface area contributed by atoms with E-state index < -0.39 is 75.7 Å². The molecule has 0 saturated heterocycles. The summed E-state index contributed by atoms with van der Waals surface area (Å²) in [5.41, 5.74) is 0. The lowest BCUT2D eigenvalue weighted by atomic mass is 9.85. The van der Waals surface area contributed by atoms with E-state index in [4.69, 9.17) is 18.5 Å². The largest absolute Gasteiger partial charge is 0.472 e. The zero-order valence-corrected chi connectivity index (χ0v) is 36.2. The predicted molar refractivity (Wildman–Crippen MR) is 226 cm³/mol. The van der Waals surface area contributed by atoms with Crippen molar-refractivity contribution in [3.8, 4) is 0 Å². The molecule has 336 valence electrons. The van der Waals surface area contributed by atoms with Crippen LogP contribution in [0, 0.1) is 0 Å². The number of phosphoric acid groups is 1. The molecule has 0 radical (unpaired) electrons. The maximum absolute atomic E-state index is 12.8. The van der Waals surface area contributed by atoms with E-state index in [-0.39, 0.29) is 12.8 Å². The van der Waals surface area contributed by atoms with Crippen molar-refractivity contribution in [3.05, 3.63) is 48.6 Å². The van der Waals surface area contributed by atoms with E-state index in [0.29, 0.717) is 12.8 Å². The molecule has 0 aromatic rings. The van der Waals surface area contributed by atoms with Gasteiger partial charge in [0.25, 0.3) is 0 Å². The number of carbonyl (C=O) groups excluding carboxylic acids is 2. The standard InChI is InChI=1S/C44H77O13P/c1-3-5-7-9-11-13-15-17-18-19-20-21-23-25-27-29-31-33-38(46)56-36(34-54-37(45)32-30-28-26-24-22-16-14-12-10-8-6-4-2)35-55-58(52,53)57-44-42(50)40(48)39(47)41(49)43(44)51/h5,7,11-14,17-18,36,39-44,47-51H,3-4,6,8-10,15-16,19-35H2,1-2H3,(H,52,53)/b7-5-,13-11-,14-12-,18-17-. The summed E-state index contributed by atoms with van der Waals surface area (Å²) in [4.78, 5) is 35.6. The Morgan fingerprint density at radius 1 is 0.552 bits per heavy atom. The molecule has 1 rings (SSSR count). The zero-order valence-electron chi connectivity index (χ0n) is 35.3. The molecule has 14 heteroatoms. The van der Waals surface area contributed by atoms with Gasteiger partial charge in [-0.05, 0) is 70.6 Å². The van der Waals surface area contributed by atoms with Crippen LogP contribution in [0.1, 0.15) is 162 Å². The van der Waals surface area contributed by atoms with Gasteiger partial charge in [-0.3, -0.25) is 18.6 Å². The molecule has 1 fully saturated rings. The minimum atomic E-state index is -5.12. The molecule has 1 saturated carbocycles. The summed E-state index contributed by atoms with van der Waals surface area (Å²) in [6.45, 7) is 3.13. The van der Waals surface area contributed by atoms with Crippen LogP contribution < -0.4 is 0 Å². The molecule has 0 bridgehead atoms. The normalized spacial score (nSPS) is 23.0. The number of hydrogen-bond donors (Lipinski definition) is 6. The smallest absolute Gasteiger partial charge is 0.462 e. The first-order chi connectivity index (χ1) is 27.9. The maximum atomic E-state index is 12.8. The molecule has 6 atom stereocenters. The van der Waals surface area contributed by atoms with Gasteiger partial charge >= 0.3 is 19.8 Å². The molecule has 6 N–H and O–H groups in total. The molecule has 0 aromatic carbocycles. The van der Waals surface area contributed by atoms with Crippen LogP contribution in [0.15, 0.2) is 48.6 Å². The summed E-state index contributed by atoms with van der Waals surface area (Å²) in [7, 11) is -5.12. The number of aliphatic hydroxyl groups excluding tert-OH is 5. The molecule has 0 aliphatic heterocycles. The summed E-state index contributed by atoms with van der Waals surface area (Å²) in [5, 5.41) is 50.1. The lowest BCUT2D eigenvalue weighted by Crippen LogP contribution is -2.64. The van der Waals surface area contributed by atoms with E-state index in [2.05, 4.69) is 62.5 Å². The molecular weight excluding hydrogens is 767 g/mol. The minimum Gasteiger partial charge on any atom is -0.462 e. The summed E-state index contributed by atoms with van der Waals surface area (Å²) in [6, 6.07) is 0. The van der Waals surface area contributed by atoms with Crippen LogP contribution in [0.3, 0.4) is 0 Å². The number of esters is 2. The average molecular weight is 845 g/mol. The van der Waals surface area contributed by atoms with Crippen LogP contribution in [0.25, 0.3) is 0 Å². The van der Waals surface area contributed by atoms with Crippen LogP contribution in [0.4, 0.5) is 0 Å². The first kappa shape index (κ1) is 53.8. The first-order valence-electron chi connectivity index (χ1n) is 21.9. The number of aliphatic hydroxyl groups is 5. The Hall–Kier alpha value is -2.19. The van der Waals surface area contributed by atoms with Gasteiger partial charge < -0.3 is 39.9 Å². The molecule has 0 amide bonds. The Kier molecular flexibility index (Phi) is 32.0. The third-order valence-electron chi connectivity index (χ3n) is 9.90. The van der Waals surface area contributed by atoms with Crippen LogP contribution >= 0.6 is 7.82 Å². The highest BCUT2D eigenvalue weighted by Crippen LogP contribution is 2.47. The van der Waals surface area contributed by atoms with Gasteiger partial charge in [0.15, 0.2) is 6.10 Å². The van der Waals surface area contributed by atoms with Gasteiger partial charge in [0.1, 0.15) is 43.2 Å². The van der Waals surface area contributed by atoms with Crippen molar-refractivity contribution in [1.82, 2.24) is 0 Å². The second-order valence-corrected chi connectivity index (χ2v) is 16.6. The van der Waals surface area contributed by atoms with Crippen LogP contribution in [0.5, 0.6) is 0 Å². The maximum Gasteiger partial charge on any atom is 0.472 e. The molecule has 0 heterocycles. The molecule has 0 spiro atoms. The molecule has 1 aliphatic rings. The first-order valence-corrected chi connectivity index (χ1v) is 23.4. The van der Waals surface area contributed by atoms with Crippen molar-refractivity contribution >= 4 is 19.8 Å². The number of allylic oxidation sites excluding steroid dienone is 8. The minimum absolute atomic E-state index is 0.0824. The number of rotatable bonds is 35. The van der Waals surface area contributed by atoms with Crippen molar-refractivity contribution < 1.29 is 63.1 Å². The van der Waals surface area contributed by atoms with Crippen LogP contribution in [0.2, 0.25) is 0 Å². The summed E-state index contributed by atoms with van der Waals surface area (Å²) < 4.78 is 33.4. The van der Waals surface area contributed by atoms with Crippen molar-refractivity contribution in [2.24, 2.45) is 0 Å². The average Bonchev–Trinajstić information content (AvgIpc) is 3.20. The fraction of sp³-hybridized carbons (Fsp3) is 0.773. The van der Waals surface area contributed by atoms with E-state index in [1.165, 1.54) is 19.3 Å². The lowest BCUT2D eigenvalue weighted by molar-refractivity contribution is -0.220. The zero-order chi connectivity index (χ0) is 42.9. The highest BCUT2D eigenvalue weighted by Gasteiger charge is 2.51. The second-order valence-electron chi connectivity index (χ2n) is 15.2. The van der Waals surface area contributed by atoms with Gasteiger partial charge in [-0.2, -0.15) is 0 Å². The summed E-state index contributed by atoms with van der Waals surface area (Å²) >= 11 is 0. The van der Waals surface area contributed by atoms with Gasteiger partial charge in [0.2, 0.25) is 0 Å². The highest BCUT2D eigenvalue weighted by atomic mass is 31.2. The van der Waals surface area contributed by atoms with E-state index in [9.17, 15) is 44.6 Å². The van der Waals surface area contributed by atoms with Gasteiger partial charge in [0.05, 0.1) is 6.61 Å². The molecule has 58 heavy (non-hydrogen) atoms. The van der Waals surface area contributed by atoms with Crippen molar-refractivity contribution in [1.29, 1.82) is 0 Å². The van der Waals surface area contributed by atoms with E-state index in [1.54, 1.807) is 0 Å². The lowest BCUT2D eigenvalue weighted by Gasteiger charge is -2.41. The fourth-order valence-corrected chi connectivity index (χ4v) is 7.33. The van der Waals surface area contributed by atoms with Crippen molar-refractivity contribution in [3.63, 3.8) is 0 Å². The Bertz CT molecular complexity index is 1210. The van der Waals surface area contributed by atoms with E-state index in [0.717, 1.165) is 103 Å². The molecular formula is C44H77O13P. The molecule has 1 aliphatic carbocycles. The molecule has 13 nitrogen and oxygen atoms in total. The Labute approximate surface area is 348 Å². The summed E-state index contributed by atoms with van der Waals surface area (Å²) in [5.74, 6) is -1.12. The number of unbranched alkanes of at least 4 members (excludes halogenated alkanes) is 15. The van der Waals surface area contributed by atoms with Gasteiger partial charge in [-0.1, -0.05) is 127 Å². The monoisotopic (exact) mass is 845 g/mol. The van der Waals surface area contributed by atoms with Gasteiger partial charge in [-0.15, -0.1) is 0 Å². The number of carbonyl (C=O) groups is 2. The van der Waals surface area contributed by atoms with E-state index in [1.807, 2.05) is 0 Å². The van der Waals surface area contributed by atoms with Crippen LogP contribution in [-0.4, -0.2) is 98.3 Å². The fourth-order valence-electron chi connectivity index (χ4n) is 6.35. The van der Waals surface area contributed by atoms with Crippen LogP contribution in [-0.2, 0) is 32.7 Å². The second kappa shape index (κ2) is 34.5. The topological polar surface area (TPSA) is 210 Å². The van der Waals surface area contributed by atoms with Crippen molar-refractivity contribution in [2.75, 3.05) is 13.2 Å². The Balaban J connectivity index is 2.49. The van der Waals surface area contributed by atoms with E-state index >= 15 is 0 Å². The third kappa shape index (κ3) is 26.8. The number of phosphoric ester groups is 1.